The van der Waals surface area contributed by atoms with Crippen LogP contribution >= 0.6 is 24.0 Å². The van der Waals surface area contributed by atoms with E-state index in [2.05, 4.69) is 5.32 Å². The van der Waals surface area contributed by atoms with Gasteiger partial charge in [0.15, 0.2) is 0 Å². The molecule has 5 nitrogen and oxygen atoms in total. The van der Waals surface area contributed by atoms with Crippen molar-refractivity contribution in [1.82, 2.24) is 10.2 Å². The fraction of sp³-hybridized carbons (Fsp3) is 0.700. The van der Waals surface area contributed by atoms with Crippen molar-refractivity contribution < 1.29 is 14.7 Å². The molecule has 2 N–H and O–H groups in total. The Morgan fingerprint density at radius 2 is 2.41 bits per heavy atom. The molecule has 0 saturated carbocycles. The van der Waals surface area contributed by atoms with Crippen molar-refractivity contribution >= 4 is 40.8 Å². The van der Waals surface area contributed by atoms with Gasteiger partial charge < -0.3 is 15.3 Å². The van der Waals surface area contributed by atoms with Gasteiger partial charge >= 0.3 is 5.97 Å². The van der Waals surface area contributed by atoms with Gasteiger partial charge in [0.25, 0.3) is 0 Å². The van der Waals surface area contributed by atoms with Gasteiger partial charge in [0.2, 0.25) is 5.91 Å². The summed E-state index contributed by atoms with van der Waals surface area (Å²) in [5.74, 6) is -1.02. The number of hydrogen-bond donors (Lipinski definition) is 2. The number of carbonyl (C=O) groups excluding carboxylic acids is 1. The second-order valence-corrected chi connectivity index (χ2v) is 6.87. The molecule has 2 aliphatic heterocycles. The van der Waals surface area contributed by atoms with Gasteiger partial charge in [-0.1, -0.05) is 12.2 Å². The van der Waals surface area contributed by atoms with Crippen LogP contribution in [0.1, 0.15) is 20.3 Å². The summed E-state index contributed by atoms with van der Waals surface area (Å²) in [6.45, 7) is 4.09. The highest BCUT2D eigenvalue weighted by atomic mass is 32.2. The van der Waals surface area contributed by atoms with Crippen molar-refractivity contribution in [3.63, 3.8) is 0 Å². The summed E-state index contributed by atoms with van der Waals surface area (Å²) in [6, 6.07) is -0.763. The average molecular weight is 274 g/mol. The fourth-order valence-electron chi connectivity index (χ4n) is 2.30. The first kappa shape index (κ1) is 12.6. The van der Waals surface area contributed by atoms with E-state index in [1.807, 2.05) is 6.92 Å². The Bertz CT molecular complexity index is 401. The summed E-state index contributed by atoms with van der Waals surface area (Å²) in [5, 5.41) is 12.3. The van der Waals surface area contributed by atoms with Gasteiger partial charge in [0, 0.05) is 6.54 Å². The maximum atomic E-state index is 11.5. The molecule has 94 valence electrons. The summed E-state index contributed by atoms with van der Waals surface area (Å²) in [5.41, 5.74) is 0. The van der Waals surface area contributed by atoms with Crippen LogP contribution < -0.4 is 5.32 Å². The van der Waals surface area contributed by atoms with E-state index in [0.717, 1.165) is 0 Å². The van der Waals surface area contributed by atoms with Crippen molar-refractivity contribution in [1.29, 1.82) is 0 Å². The topological polar surface area (TPSA) is 69.6 Å². The molecule has 0 aromatic rings. The first-order valence-electron chi connectivity index (χ1n) is 5.31. The number of thioether (sulfide) groups is 1. The molecule has 7 heteroatoms. The minimum Gasteiger partial charge on any atom is -0.480 e. The number of thiocarbonyl (C=S) groups is 1. The number of carbonyl (C=O) groups is 2. The molecule has 2 rings (SSSR count). The molecule has 0 spiro atoms. The third kappa shape index (κ3) is 2.01. The normalized spacial score (nSPS) is 35.2. The van der Waals surface area contributed by atoms with Gasteiger partial charge in [0.05, 0.1) is 21.5 Å². The average Bonchev–Trinajstić information content (AvgIpc) is 2.45. The van der Waals surface area contributed by atoms with E-state index in [1.165, 1.54) is 4.90 Å². The predicted octanol–water partition coefficient (Wildman–Crippen LogP) is 0.440. The zero-order valence-corrected chi connectivity index (χ0v) is 11.2. The first-order valence-corrected chi connectivity index (χ1v) is 6.60. The van der Waals surface area contributed by atoms with Gasteiger partial charge in [-0.3, -0.25) is 4.79 Å². The summed E-state index contributed by atoms with van der Waals surface area (Å²) in [4.78, 5) is 24.9. The minimum atomic E-state index is -0.945. The molecule has 0 aromatic carbocycles. The third-order valence-electron chi connectivity index (χ3n) is 3.13. The van der Waals surface area contributed by atoms with Crippen LogP contribution in [0.3, 0.4) is 0 Å². The second-order valence-electron chi connectivity index (χ2n) is 4.54. The Balaban J connectivity index is 2.18. The fourth-order valence-corrected chi connectivity index (χ4v) is 4.07. The molecule has 2 heterocycles. The number of fused-ring (bicyclic) bond motifs is 1. The quantitative estimate of drug-likeness (QED) is 0.575. The molecule has 1 amide bonds. The SMILES string of the molecule is CC(=S)NCC1(C)S[C@@H]2CC(=O)N2[C@H]1C(=O)O. The van der Waals surface area contributed by atoms with Crippen LogP contribution in [0.2, 0.25) is 0 Å². The molecule has 1 unspecified atom stereocenters. The number of β-lactam (4-membered cyclic amide) rings is 1. The van der Waals surface area contributed by atoms with E-state index in [1.54, 1.807) is 18.7 Å². The lowest BCUT2D eigenvalue weighted by atomic mass is 9.96. The highest BCUT2D eigenvalue weighted by Gasteiger charge is 2.60. The smallest absolute Gasteiger partial charge is 0.327 e. The molecule has 2 saturated heterocycles. The van der Waals surface area contributed by atoms with Gasteiger partial charge in [-0.2, -0.15) is 0 Å². The van der Waals surface area contributed by atoms with Crippen LogP contribution in [0, 0.1) is 0 Å². The molecular formula is C10H14N2O3S2. The van der Waals surface area contributed by atoms with E-state index in [9.17, 15) is 14.7 Å². The maximum absolute atomic E-state index is 11.5. The van der Waals surface area contributed by atoms with Crippen molar-refractivity contribution in [3.8, 4) is 0 Å². The van der Waals surface area contributed by atoms with E-state index in [4.69, 9.17) is 12.2 Å². The van der Waals surface area contributed by atoms with Crippen molar-refractivity contribution in [2.24, 2.45) is 0 Å². The number of carboxylic acid groups (broad SMARTS) is 1. The molecule has 3 atom stereocenters. The van der Waals surface area contributed by atoms with E-state index >= 15 is 0 Å². The largest absolute Gasteiger partial charge is 0.480 e. The summed E-state index contributed by atoms with van der Waals surface area (Å²) >= 11 is 6.48. The lowest BCUT2D eigenvalue weighted by Gasteiger charge is -2.37. The number of hydrogen-bond acceptors (Lipinski definition) is 4. The van der Waals surface area contributed by atoms with Crippen LogP contribution in [0.4, 0.5) is 0 Å². The van der Waals surface area contributed by atoms with Gasteiger partial charge in [0.1, 0.15) is 6.04 Å². The molecule has 0 radical (unpaired) electrons. The van der Waals surface area contributed by atoms with Crippen molar-refractivity contribution in [2.45, 2.75) is 36.4 Å². The predicted molar refractivity (Wildman–Crippen MR) is 68.9 cm³/mol. The lowest BCUT2D eigenvalue weighted by Crippen LogP contribution is -2.59. The number of rotatable bonds is 3. The zero-order valence-electron chi connectivity index (χ0n) is 9.60. The van der Waals surface area contributed by atoms with Gasteiger partial charge in [-0.15, -0.1) is 11.8 Å². The first-order chi connectivity index (χ1) is 7.85. The molecule has 2 aliphatic rings. The highest BCUT2D eigenvalue weighted by Crippen LogP contribution is 2.50. The third-order valence-corrected chi connectivity index (χ3v) is 4.85. The Hall–Kier alpha value is -0.820. The number of carboxylic acids is 1. The lowest BCUT2D eigenvalue weighted by molar-refractivity contribution is -0.157. The second kappa shape index (κ2) is 4.13. The van der Waals surface area contributed by atoms with Gasteiger partial charge in [-0.25, -0.2) is 4.79 Å². The van der Waals surface area contributed by atoms with Crippen LogP contribution in [0.5, 0.6) is 0 Å². The van der Waals surface area contributed by atoms with Crippen molar-refractivity contribution in [3.05, 3.63) is 0 Å². The van der Waals surface area contributed by atoms with E-state index in [-0.39, 0.29) is 11.3 Å². The molecule has 0 aromatic heterocycles. The summed E-state index contributed by atoms with van der Waals surface area (Å²) in [6.07, 6.45) is 0.445. The van der Waals surface area contributed by atoms with E-state index in [0.29, 0.717) is 18.0 Å². The number of amides is 1. The number of aliphatic carboxylic acids is 1. The maximum Gasteiger partial charge on any atom is 0.327 e. The molecular weight excluding hydrogens is 260 g/mol. The Morgan fingerprint density at radius 1 is 1.76 bits per heavy atom. The monoisotopic (exact) mass is 274 g/mol. The van der Waals surface area contributed by atoms with Crippen LogP contribution in [0.25, 0.3) is 0 Å². The van der Waals surface area contributed by atoms with Gasteiger partial charge in [-0.05, 0) is 13.8 Å². The van der Waals surface area contributed by atoms with E-state index < -0.39 is 16.8 Å². The minimum absolute atomic E-state index is 0.0147. The molecule has 17 heavy (non-hydrogen) atoms. The van der Waals surface area contributed by atoms with Crippen molar-refractivity contribution in [2.75, 3.05) is 6.54 Å². The van der Waals surface area contributed by atoms with Crippen LogP contribution in [-0.4, -0.2) is 49.6 Å². The molecule has 2 fully saturated rings. The molecule has 0 bridgehead atoms. The molecule has 0 aliphatic carbocycles. The Kier molecular flexibility index (Phi) is 3.07. The Labute approximate surface area is 109 Å². The standard InChI is InChI=1S/C10H14N2O3S2/c1-5(16)11-4-10(2)8(9(14)15)12-6(13)3-7(12)17-10/h7-8H,3-4H2,1-2H3,(H,11,16)(H,14,15)/t7-,8+,10?/m1/s1. The zero-order chi connectivity index (χ0) is 12.8. The number of nitrogens with zero attached hydrogens (tertiary/aromatic N) is 1. The summed E-state index contributed by atoms with van der Waals surface area (Å²) < 4.78 is -0.525. The van der Waals surface area contributed by atoms with Crippen LogP contribution in [-0.2, 0) is 9.59 Å². The summed E-state index contributed by atoms with van der Waals surface area (Å²) in [7, 11) is 0. The number of nitrogens with one attached hydrogen (secondary N) is 1. The Morgan fingerprint density at radius 3 is 2.88 bits per heavy atom. The highest BCUT2D eigenvalue weighted by molar-refractivity contribution is 8.01. The van der Waals surface area contributed by atoms with Crippen LogP contribution in [0.15, 0.2) is 0 Å².